The summed E-state index contributed by atoms with van der Waals surface area (Å²) in [6.07, 6.45) is 1.67. The van der Waals surface area contributed by atoms with E-state index in [2.05, 4.69) is 20.6 Å². The molecule has 0 bridgehead atoms. The van der Waals surface area contributed by atoms with Crippen LogP contribution in [0.1, 0.15) is 41.9 Å². The fraction of sp³-hybridized carbons (Fsp3) is 0.292. The maximum atomic E-state index is 13.4. The number of carbonyl (C=O) groups is 1. The third-order valence-electron chi connectivity index (χ3n) is 6.14. The molecule has 1 saturated carbocycles. The number of imidazole rings is 1. The third kappa shape index (κ3) is 4.52. The van der Waals surface area contributed by atoms with E-state index in [0.717, 1.165) is 11.6 Å². The Hall–Kier alpha value is -3.33. The summed E-state index contributed by atoms with van der Waals surface area (Å²) in [4.78, 5) is 20.7. The van der Waals surface area contributed by atoms with Crippen LogP contribution in [0.4, 0.5) is 18.9 Å². The maximum absolute atomic E-state index is 13.4. The van der Waals surface area contributed by atoms with Gasteiger partial charge in [-0.1, -0.05) is 17.7 Å². The van der Waals surface area contributed by atoms with Crippen molar-refractivity contribution in [2.24, 2.45) is 0 Å². The van der Waals surface area contributed by atoms with Crippen molar-refractivity contribution in [1.82, 2.24) is 19.7 Å². The highest BCUT2D eigenvalue weighted by Gasteiger charge is 2.34. The maximum Gasteiger partial charge on any atom is 0.433 e. The van der Waals surface area contributed by atoms with Crippen molar-refractivity contribution in [3.63, 3.8) is 0 Å². The Morgan fingerprint density at radius 2 is 1.82 bits per heavy atom. The predicted molar refractivity (Wildman–Crippen MR) is 124 cm³/mol. The minimum Gasteiger partial charge on any atom is -0.382 e. The molecule has 1 aliphatic carbocycles. The van der Waals surface area contributed by atoms with Gasteiger partial charge in [-0.2, -0.15) is 13.2 Å². The summed E-state index contributed by atoms with van der Waals surface area (Å²) in [6.45, 7) is 0. The third-order valence-corrected chi connectivity index (χ3v) is 6.38. The molecule has 3 aromatic heterocycles. The van der Waals surface area contributed by atoms with Gasteiger partial charge in [-0.05, 0) is 62.1 Å². The zero-order valence-corrected chi connectivity index (χ0v) is 18.7. The van der Waals surface area contributed by atoms with E-state index in [1.54, 1.807) is 16.8 Å². The van der Waals surface area contributed by atoms with Crippen molar-refractivity contribution in [2.45, 2.75) is 43.9 Å². The lowest BCUT2D eigenvalue weighted by atomic mass is 9.90. The number of carbonyl (C=O) groups excluding carboxylic acids is 1. The van der Waals surface area contributed by atoms with Crippen molar-refractivity contribution in [2.75, 3.05) is 5.32 Å². The Bertz CT molecular complexity index is 1360. The number of rotatable bonds is 4. The first kappa shape index (κ1) is 22.5. The van der Waals surface area contributed by atoms with Crippen LogP contribution in [-0.4, -0.2) is 32.4 Å². The number of anilines is 1. The quantitative estimate of drug-likeness (QED) is 0.387. The normalized spacial score (nSPS) is 18.8. The van der Waals surface area contributed by atoms with Crippen LogP contribution in [0.5, 0.6) is 0 Å². The molecule has 1 amide bonds. The molecular weight excluding hydrogens is 467 g/mol. The monoisotopic (exact) mass is 487 g/mol. The van der Waals surface area contributed by atoms with E-state index in [1.807, 2.05) is 24.4 Å². The van der Waals surface area contributed by atoms with E-state index in [-0.39, 0.29) is 23.5 Å². The molecule has 0 radical (unpaired) electrons. The van der Waals surface area contributed by atoms with Crippen LogP contribution in [-0.2, 0) is 6.18 Å². The number of benzene rings is 1. The van der Waals surface area contributed by atoms with Gasteiger partial charge < -0.3 is 15.0 Å². The highest BCUT2D eigenvalue weighted by molar-refractivity contribution is 6.31. The van der Waals surface area contributed by atoms with E-state index < -0.39 is 11.9 Å². The zero-order valence-electron chi connectivity index (χ0n) is 17.9. The van der Waals surface area contributed by atoms with Gasteiger partial charge in [0.1, 0.15) is 12.0 Å². The number of fused-ring (bicyclic) bond motifs is 2. The number of amides is 1. The van der Waals surface area contributed by atoms with Gasteiger partial charge in [-0.25, -0.2) is 9.97 Å². The second-order valence-electron chi connectivity index (χ2n) is 8.47. The van der Waals surface area contributed by atoms with Crippen molar-refractivity contribution in [3.05, 3.63) is 71.4 Å². The van der Waals surface area contributed by atoms with Gasteiger partial charge in [0.25, 0.3) is 5.91 Å². The summed E-state index contributed by atoms with van der Waals surface area (Å²) < 4.78 is 41.9. The van der Waals surface area contributed by atoms with E-state index in [0.29, 0.717) is 47.5 Å². The standard InChI is InChI=1S/C24H21ClF3N5O/c25-14-4-9-18-17(11-14)19(12-21(32-18)24(26,27)28)30-15-5-7-16(8-6-15)31-23(34)22-20-3-1-2-10-33(20)13-29-22/h1-4,9-13,15-16H,5-8H2,(H,30,32)(H,31,34). The molecule has 0 unspecified atom stereocenters. The van der Waals surface area contributed by atoms with Crippen molar-refractivity contribution >= 4 is 39.6 Å². The van der Waals surface area contributed by atoms with E-state index in [4.69, 9.17) is 11.6 Å². The number of hydrogen-bond donors (Lipinski definition) is 2. The van der Waals surface area contributed by atoms with Gasteiger partial charge in [0.15, 0.2) is 5.69 Å². The highest BCUT2D eigenvalue weighted by atomic mass is 35.5. The van der Waals surface area contributed by atoms with Gasteiger partial charge in [-0.3, -0.25) is 4.79 Å². The highest BCUT2D eigenvalue weighted by Crippen LogP contribution is 2.35. The van der Waals surface area contributed by atoms with E-state index >= 15 is 0 Å². The second-order valence-corrected chi connectivity index (χ2v) is 8.90. The molecule has 0 spiro atoms. The molecular formula is C24H21ClF3N5O. The molecule has 0 saturated heterocycles. The molecule has 1 fully saturated rings. The Kier molecular flexibility index (Phi) is 5.81. The fourth-order valence-corrected chi connectivity index (χ4v) is 4.61. The van der Waals surface area contributed by atoms with Gasteiger partial charge in [0.05, 0.1) is 11.0 Å². The number of aromatic nitrogens is 3. The van der Waals surface area contributed by atoms with Gasteiger partial charge >= 0.3 is 6.18 Å². The van der Waals surface area contributed by atoms with Crippen molar-refractivity contribution < 1.29 is 18.0 Å². The predicted octanol–water partition coefficient (Wildman–Crippen LogP) is 5.71. The number of hydrogen-bond acceptors (Lipinski definition) is 4. The first-order chi connectivity index (χ1) is 16.3. The SMILES string of the molecule is O=C(NC1CCC(Nc2cc(C(F)(F)F)nc3ccc(Cl)cc23)CC1)c1ncn2ccccc12. The van der Waals surface area contributed by atoms with E-state index in [1.165, 1.54) is 12.1 Å². The lowest BCUT2D eigenvalue weighted by Gasteiger charge is -2.30. The molecule has 1 aliphatic rings. The van der Waals surface area contributed by atoms with Gasteiger partial charge in [-0.15, -0.1) is 0 Å². The molecule has 10 heteroatoms. The van der Waals surface area contributed by atoms with Crippen LogP contribution in [0.25, 0.3) is 16.4 Å². The number of pyridine rings is 2. The van der Waals surface area contributed by atoms with Crippen molar-refractivity contribution in [3.8, 4) is 0 Å². The molecule has 176 valence electrons. The first-order valence-corrected chi connectivity index (χ1v) is 11.3. The Balaban J connectivity index is 1.27. The molecule has 1 aromatic carbocycles. The lowest BCUT2D eigenvalue weighted by molar-refractivity contribution is -0.140. The Labute approximate surface area is 198 Å². The van der Waals surface area contributed by atoms with E-state index in [9.17, 15) is 18.0 Å². The van der Waals surface area contributed by atoms with Gasteiger partial charge in [0, 0.05) is 34.4 Å². The summed E-state index contributed by atoms with van der Waals surface area (Å²) in [5, 5.41) is 7.28. The van der Waals surface area contributed by atoms with Crippen LogP contribution in [0.2, 0.25) is 5.02 Å². The number of alkyl halides is 3. The lowest BCUT2D eigenvalue weighted by Crippen LogP contribution is -2.40. The summed E-state index contributed by atoms with van der Waals surface area (Å²) in [5.74, 6) is -0.227. The largest absolute Gasteiger partial charge is 0.433 e. The first-order valence-electron chi connectivity index (χ1n) is 10.9. The molecule has 6 nitrogen and oxygen atoms in total. The molecule has 2 N–H and O–H groups in total. The van der Waals surface area contributed by atoms with Crippen LogP contribution in [0.15, 0.2) is 55.0 Å². The Morgan fingerprint density at radius 3 is 2.59 bits per heavy atom. The summed E-state index contributed by atoms with van der Waals surface area (Å²) in [7, 11) is 0. The Morgan fingerprint density at radius 1 is 1.06 bits per heavy atom. The average Bonchev–Trinajstić information content (AvgIpc) is 3.24. The molecule has 3 heterocycles. The van der Waals surface area contributed by atoms with Crippen LogP contribution < -0.4 is 10.6 Å². The topological polar surface area (TPSA) is 71.3 Å². The number of nitrogens with zero attached hydrogens (tertiary/aromatic N) is 3. The number of nitrogens with one attached hydrogen (secondary N) is 2. The molecule has 5 rings (SSSR count). The fourth-order valence-electron chi connectivity index (χ4n) is 4.44. The second kappa shape index (κ2) is 8.79. The van der Waals surface area contributed by atoms with Crippen molar-refractivity contribution in [1.29, 1.82) is 0 Å². The minimum absolute atomic E-state index is 0.0274. The summed E-state index contributed by atoms with van der Waals surface area (Å²) in [5.41, 5.74) is 0.754. The molecule has 4 aromatic rings. The average molecular weight is 488 g/mol. The smallest absolute Gasteiger partial charge is 0.382 e. The van der Waals surface area contributed by atoms with Crippen LogP contribution >= 0.6 is 11.6 Å². The van der Waals surface area contributed by atoms with Gasteiger partial charge in [0.2, 0.25) is 0 Å². The summed E-state index contributed by atoms with van der Waals surface area (Å²) in [6, 6.07) is 11.2. The number of halogens is 4. The zero-order chi connectivity index (χ0) is 23.9. The minimum atomic E-state index is -4.55. The molecule has 0 aliphatic heterocycles. The molecule has 34 heavy (non-hydrogen) atoms. The van der Waals surface area contributed by atoms with Crippen LogP contribution in [0, 0.1) is 0 Å². The molecule has 0 atom stereocenters. The summed E-state index contributed by atoms with van der Waals surface area (Å²) >= 11 is 6.08. The van der Waals surface area contributed by atoms with Crippen LogP contribution in [0.3, 0.4) is 0 Å².